The van der Waals surface area contributed by atoms with Crippen molar-refractivity contribution in [2.24, 2.45) is 17.3 Å². The molecule has 0 N–H and O–H groups in total. The Morgan fingerprint density at radius 2 is 2.28 bits per heavy atom. The fourth-order valence-corrected chi connectivity index (χ4v) is 3.17. The molecule has 0 spiro atoms. The van der Waals surface area contributed by atoms with Gasteiger partial charge >= 0.3 is 5.97 Å². The maximum absolute atomic E-state index is 11.6. The van der Waals surface area contributed by atoms with Crippen molar-refractivity contribution in [2.75, 3.05) is 7.11 Å². The Kier molecular flexibility index (Phi) is 3.47. The van der Waals surface area contributed by atoms with Gasteiger partial charge in [0.05, 0.1) is 7.11 Å². The van der Waals surface area contributed by atoms with Crippen molar-refractivity contribution in [2.45, 2.75) is 33.1 Å². The number of fused-ring (bicyclic) bond motifs is 1. The summed E-state index contributed by atoms with van der Waals surface area (Å²) in [6.07, 6.45) is 9.98. The smallest absolute Gasteiger partial charge is 0.333 e. The molecule has 0 radical (unpaired) electrons. The molecule has 0 aromatic carbocycles. The molecule has 3 atom stereocenters. The van der Waals surface area contributed by atoms with E-state index in [1.807, 2.05) is 0 Å². The molecule has 2 nitrogen and oxygen atoms in total. The zero-order chi connectivity index (χ0) is 13.3. The van der Waals surface area contributed by atoms with E-state index in [1.165, 1.54) is 25.5 Å². The summed E-state index contributed by atoms with van der Waals surface area (Å²) in [7, 11) is 1.41. The number of rotatable bonds is 2. The van der Waals surface area contributed by atoms with Gasteiger partial charge in [0.25, 0.3) is 0 Å². The van der Waals surface area contributed by atoms with Gasteiger partial charge in [-0.25, -0.2) is 4.79 Å². The van der Waals surface area contributed by atoms with E-state index in [2.05, 4.69) is 38.7 Å². The minimum Gasteiger partial charge on any atom is -0.466 e. The summed E-state index contributed by atoms with van der Waals surface area (Å²) in [5.41, 5.74) is 2.18. The molecule has 0 aliphatic heterocycles. The maximum atomic E-state index is 11.6. The van der Waals surface area contributed by atoms with Gasteiger partial charge in [0.15, 0.2) is 0 Å². The second-order valence-corrected chi connectivity index (χ2v) is 5.74. The van der Waals surface area contributed by atoms with Crippen molar-refractivity contribution in [3.05, 3.63) is 36.0 Å². The number of allylic oxidation sites excluding steroid dienone is 4. The highest BCUT2D eigenvalue weighted by Crippen LogP contribution is 2.50. The zero-order valence-electron chi connectivity index (χ0n) is 11.5. The van der Waals surface area contributed by atoms with Crippen LogP contribution in [0.2, 0.25) is 0 Å². The third-order valence-electron chi connectivity index (χ3n) is 4.76. The highest BCUT2D eigenvalue weighted by atomic mass is 16.5. The monoisotopic (exact) mass is 246 g/mol. The quantitative estimate of drug-likeness (QED) is 0.549. The number of ether oxygens (including phenoxy) is 1. The van der Waals surface area contributed by atoms with Crippen molar-refractivity contribution in [3.63, 3.8) is 0 Å². The average Bonchev–Trinajstić information content (AvgIpc) is 2.37. The Balaban J connectivity index is 2.26. The van der Waals surface area contributed by atoms with E-state index >= 15 is 0 Å². The van der Waals surface area contributed by atoms with Crippen LogP contribution in [0.4, 0.5) is 0 Å². The summed E-state index contributed by atoms with van der Waals surface area (Å²) in [6, 6.07) is 0. The normalized spacial score (nSPS) is 34.5. The molecule has 0 heterocycles. The lowest BCUT2D eigenvalue weighted by Crippen LogP contribution is -2.35. The van der Waals surface area contributed by atoms with Gasteiger partial charge in [0, 0.05) is 11.5 Å². The fourth-order valence-electron chi connectivity index (χ4n) is 3.17. The predicted octanol–water partition coefficient (Wildman–Crippen LogP) is 3.65. The van der Waals surface area contributed by atoms with Gasteiger partial charge in [-0.3, -0.25) is 0 Å². The molecule has 98 valence electrons. The van der Waals surface area contributed by atoms with E-state index in [1.54, 1.807) is 0 Å². The predicted molar refractivity (Wildman–Crippen MR) is 73.0 cm³/mol. The summed E-state index contributed by atoms with van der Waals surface area (Å²) in [5, 5.41) is 0. The lowest BCUT2D eigenvalue weighted by Gasteiger charge is -2.44. The molecule has 0 saturated heterocycles. The van der Waals surface area contributed by atoms with Gasteiger partial charge in [-0.15, -0.1) is 0 Å². The van der Waals surface area contributed by atoms with E-state index in [4.69, 9.17) is 4.74 Å². The van der Waals surface area contributed by atoms with Gasteiger partial charge in [-0.2, -0.15) is 0 Å². The van der Waals surface area contributed by atoms with Crippen molar-refractivity contribution in [3.8, 4) is 0 Å². The highest BCUT2D eigenvalue weighted by Gasteiger charge is 2.40. The molecule has 0 saturated carbocycles. The maximum Gasteiger partial charge on any atom is 0.333 e. The van der Waals surface area contributed by atoms with E-state index < -0.39 is 0 Å². The second kappa shape index (κ2) is 4.75. The van der Waals surface area contributed by atoms with Gasteiger partial charge in [0.2, 0.25) is 0 Å². The third-order valence-corrected chi connectivity index (χ3v) is 4.76. The second-order valence-electron chi connectivity index (χ2n) is 5.74. The summed E-state index contributed by atoms with van der Waals surface area (Å²) < 4.78 is 4.77. The molecule has 0 amide bonds. The summed E-state index contributed by atoms with van der Waals surface area (Å²) >= 11 is 0. The number of methoxy groups -OCH3 is 1. The molecule has 0 aromatic heterocycles. The summed E-state index contributed by atoms with van der Waals surface area (Å²) in [5.74, 6) is 0.472. The van der Waals surface area contributed by atoms with Gasteiger partial charge in [-0.05, 0) is 36.2 Å². The van der Waals surface area contributed by atoms with Crippen LogP contribution in [-0.4, -0.2) is 13.1 Å². The van der Waals surface area contributed by atoms with E-state index in [0.717, 1.165) is 6.42 Å². The number of carbonyl (C=O) groups excluding carboxylic acids is 1. The van der Waals surface area contributed by atoms with Gasteiger partial charge in [-0.1, -0.05) is 38.7 Å². The van der Waals surface area contributed by atoms with Gasteiger partial charge < -0.3 is 4.74 Å². The van der Waals surface area contributed by atoms with Crippen molar-refractivity contribution < 1.29 is 9.53 Å². The standard InChI is InChI=1S/C16H22O2/c1-11-6-5-7-14-9-8-13(10-16(11,14)3)12(2)15(17)18-4/h7-9,11,13H,2,5-6,10H2,1,3-4H3/t11-,13+,16+/m0/s1. The molecule has 2 heteroatoms. The van der Waals surface area contributed by atoms with Crippen LogP contribution in [0.3, 0.4) is 0 Å². The molecule has 0 aromatic rings. The Bertz CT molecular complexity index is 430. The van der Waals surface area contributed by atoms with Crippen LogP contribution in [0, 0.1) is 17.3 Å². The molecule has 0 unspecified atom stereocenters. The Morgan fingerprint density at radius 1 is 1.56 bits per heavy atom. The number of hydrogen-bond donors (Lipinski definition) is 0. The Morgan fingerprint density at radius 3 is 2.94 bits per heavy atom. The minimum absolute atomic E-state index is 0.111. The van der Waals surface area contributed by atoms with Crippen LogP contribution >= 0.6 is 0 Å². The zero-order valence-corrected chi connectivity index (χ0v) is 11.5. The molecule has 18 heavy (non-hydrogen) atoms. The fraction of sp³-hybridized carbons (Fsp3) is 0.562. The molecule has 2 aliphatic carbocycles. The van der Waals surface area contributed by atoms with Crippen molar-refractivity contribution >= 4 is 5.97 Å². The van der Waals surface area contributed by atoms with E-state index in [-0.39, 0.29) is 17.3 Å². The number of hydrogen-bond acceptors (Lipinski definition) is 2. The first-order valence-corrected chi connectivity index (χ1v) is 6.65. The lowest BCUT2D eigenvalue weighted by molar-refractivity contribution is -0.136. The first-order chi connectivity index (χ1) is 8.49. The van der Waals surface area contributed by atoms with Crippen molar-refractivity contribution in [1.82, 2.24) is 0 Å². The van der Waals surface area contributed by atoms with Crippen LogP contribution in [0.5, 0.6) is 0 Å². The number of esters is 1. The Hall–Kier alpha value is -1.31. The molecule has 2 rings (SSSR count). The Labute approximate surface area is 109 Å². The largest absolute Gasteiger partial charge is 0.466 e. The molecule has 2 aliphatic rings. The first-order valence-electron chi connectivity index (χ1n) is 6.65. The molecule has 0 bridgehead atoms. The van der Waals surface area contributed by atoms with E-state index in [9.17, 15) is 4.79 Å². The average molecular weight is 246 g/mol. The van der Waals surface area contributed by atoms with Crippen LogP contribution in [0.25, 0.3) is 0 Å². The van der Waals surface area contributed by atoms with E-state index in [0.29, 0.717) is 11.5 Å². The van der Waals surface area contributed by atoms with Crippen LogP contribution < -0.4 is 0 Å². The topological polar surface area (TPSA) is 26.3 Å². The van der Waals surface area contributed by atoms with Crippen LogP contribution in [0.1, 0.15) is 33.1 Å². The van der Waals surface area contributed by atoms with Crippen molar-refractivity contribution in [1.29, 1.82) is 0 Å². The summed E-state index contributed by atoms with van der Waals surface area (Å²) in [6.45, 7) is 8.52. The summed E-state index contributed by atoms with van der Waals surface area (Å²) in [4.78, 5) is 11.6. The minimum atomic E-state index is -0.288. The highest BCUT2D eigenvalue weighted by molar-refractivity contribution is 5.88. The van der Waals surface area contributed by atoms with Crippen LogP contribution in [0.15, 0.2) is 36.0 Å². The third kappa shape index (κ3) is 2.05. The molecule has 0 fully saturated rings. The SMILES string of the molecule is C=C(C(=O)OC)[C@@H]1C=CC2=CCC[C@H](C)[C@@]2(C)C1. The first kappa shape index (κ1) is 13.1. The molecular weight excluding hydrogens is 224 g/mol. The van der Waals surface area contributed by atoms with Crippen LogP contribution in [-0.2, 0) is 9.53 Å². The van der Waals surface area contributed by atoms with Gasteiger partial charge in [0.1, 0.15) is 0 Å². The lowest BCUT2D eigenvalue weighted by atomic mass is 9.60. The number of carbonyl (C=O) groups is 1. The molecular formula is C16H22O2.